The quantitative estimate of drug-likeness (QED) is 0.0690. The number of nitrogens with one attached hydrogen (secondary N) is 2. The van der Waals surface area contributed by atoms with E-state index in [-0.39, 0.29) is 12.5 Å². The molecule has 0 unspecified atom stereocenters. The smallest absolute Gasteiger partial charge is 0.229 e. The lowest BCUT2D eigenvalue weighted by molar-refractivity contribution is -0.115. The number of anilines is 1. The molecule has 0 saturated carbocycles. The lowest BCUT2D eigenvalue weighted by Crippen LogP contribution is -2.25. The van der Waals surface area contributed by atoms with Crippen LogP contribution in [0.1, 0.15) is 72.4 Å². The number of allylic oxidation sites excluding steroid dienone is 6. The number of aryl methyl sites for hydroxylation is 1. The van der Waals surface area contributed by atoms with Crippen LogP contribution in [0.5, 0.6) is 0 Å². The van der Waals surface area contributed by atoms with Crippen molar-refractivity contribution in [2.45, 2.75) is 78.7 Å². The van der Waals surface area contributed by atoms with Crippen LogP contribution in [0.4, 0.5) is 5.82 Å². The number of nitrogens with zero attached hydrogens (tertiary/aromatic N) is 2. The molecule has 0 aliphatic heterocycles. The number of carbonyl (C=O) groups excluding carboxylic acids is 1. The lowest BCUT2D eigenvalue weighted by Gasteiger charge is -2.18. The number of thioether (sulfide) groups is 1. The summed E-state index contributed by atoms with van der Waals surface area (Å²) in [5, 5.41) is 25.0. The number of ether oxygens (including phenoxy) is 1. The molecule has 7 nitrogen and oxygen atoms in total. The largest absolute Gasteiger partial charge is 0.491 e. The molecule has 8 heteroatoms. The number of unbranched alkanes of at least 4 members (excludes halogenated alkanes) is 1. The molecule has 0 aliphatic carbocycles. The van der Waals surface area contributed by atoms with Crippen LogP contribution in [0.3, 0.4) is 0 Å². The molecule has 1 aromatic heterocycles. The highest BCUT2D eigenvalue weighted by molar-refractivity contribution is 8.06. The first-order valence-corrected chi connectivity index (χ1v) is 14.2. The summed E-state index contributed by atoms with van der Waals surface area (Å²) in [5.74, 6) is 0.962. The number of hydrogen-bond donors (Lipinski definition) is 3. The van der Waals surface area contributed by atoms with Gasteiger partial charge in [0, 0.05) is 18.5 Å². The Kier molecular flexibility index (Phi) is 15.7. The fourth-order valence-corrected chi connectivity index (χ4v) is 4.10. The molecule has 0 saturated heterocycles. The Balaban J connectivity index is 2.39. The van der Waals surface area contributed by atoms with Gasteiger partial charge in [-0.25, -0.2) is 0 Å². The molecular weight excluding hydrogens is 520 g/mol. The van der Waals surface area contributed by atoms with Gasteiger partial charge in [0.05, 0.1) is 16.3 Å². The average molecular weight is 567 g/mol. The fraction of sp³-hybridized carbons (Fsp3) is 0.406. The summed E-state index contributed by atoms with van der Waals surface area (Å²) in [7, 11) is 0. The van der Waals surface area contributed by atoms with Gasteiger partial charge < -0.3 is 20.5 Å². The molecule has 218 valence electrons. The van der Waals surface area contributed by atoms with E-state index in [0.29, 0.717) is 24.4 Å². The number of amides is 1. The van der Waals surface area contributed by atoms with Crippen molar-refractivity contribution in [3.63, 3.8) is 0 Å². The molecule has 0 bridgehead atoms. The van der Waals surface area contributed by atoms with Gasteiger partial charge in [-0.15, -0.1) is 5.10 Å². The molecule has 0 fully saturated rings. The van der Waals surface area contributed by atoms with Crippen molar-refractivity contribution in [3.8, 4) is 0 Å². The SMILES string of the molecule is C=C/C(=C\C(=C/C)CC(=C)NC(=C)SC(=C)CCCCc1ccc(NC(=O)C/C(C)=C/C)nn1)OCC(C)(C)O. The van der Waals surface area contributed by atoms with Crippen molar-refractivity contribution in [3.05, 3.63) is 101 Å². The van der Waals surface area contributed by atoms with E-state index in [1.807, 2.05) is 45.1 Å². The van der Waals surface area contributed by atoms with E-state index in [1.165, 1.54) is 11.8 Å². The van der Waals surface area contributed by atoms with Gasteiger partial charge in [0.1, 0.15) is 12.4 Å². The van der Waals surface area contributed by atoms with Gasteiger partial charge in [0.2, 0.25) is 5.91 Å². The van der Waals surface area contributed by atoms with Crippen LogP contribution in [-0.2, 0) is 16.0 Å². The van der Waals surface area contributed by atoms with Crippen LogP contribution in [-0.4, -0.2) is 33.4 Å². The van der Waals surface area contributed by atoms with Crippen molar-refractivity contribution in [2.75, 3.05) is 11.9 Å². The molecule has 3 N–H and O–H groups in total. The molecule has 1 heterocycles. The Bertz CT molecular complexity index is 1130. The van der Waals surface area contributed by atoms with E-state index >= 15 is 0 Å². The highest BCUT2D eigenvalue weighted by Gasteiger charge is 2.14. The van der Waals surface area contributed by atoms with Crippen LogP contribution in [0.2, 0.25) is 0 Å². The summed E-state index contributed by atoms with van der Waals surface area (Å²) in [4.78, 5) is 13.0. The number of aliphatic hydroxyl groups is 1. The first-order valence-electron chi connectivity index (χ1n) is 13.4. The monoisotopic (exact) mass is 566 g/mol. The molecule has 1 amide bonds. The Hall–Kier alpha value is -3.36. The Morgan fingerprint density at radius 1 is 1.12 bits per heavy atom. The summed E-state index contributed by atoms with van der Waals surface area (Å²) in [6.07, 6.45) is 11.9. The fourth-order valence-electron chi connectivity index (χ4n) is 3.31. The maximum absolute atomic E-state index is 12.0. The molecule has 40 heavy (non-hydrogen) atoms. The van der Waals surface area contributed by atoms with Crippen molar-refractivity contribution >= 4 is 23.5 Å². The maximum atomic E-state index is 12.0. The molecule has 0 spiro atoms. The highest BCUT2D eigenvalue weighted by atomic mass is 32.2. The molecule has 1 rings (SSSR count). The maximum Gasteiger partial charge on any atom is 0.229 e. The van der Waals surface area contributed by atoms with E-state index in [9.17, 15) is 9.90 Å². The normalized spacial score (nSPS) is 12.5. The van der Waals surface area contributed by atoms with E-state index in [4.69, 9.17) is 4.74 Å². The van der Waals surface area contributed by atoms with Crippen LogP contribution in [0, 0.1) is 0 Å². The first kappa shape index (κ1) is 34.7. The third-order valence-corrected chi connectivity index (χ3v) is 6.39. The highest BCUT2D eigenvalue weighted by Crippen LogP contribution is 2.27. The van der Waals surface area contributed by atoms with E-state index in [1.54, 1.807) is 26.0 Å². The Morgan fingerprint density at radius 2 is 1.85 bits per heavy atom. The second-order valence-corrected chi connectivity index (χ2v) is 11.4. The lowest BCUT2D eigenvalue weighted by atomic mass is 10.1. The van der Waals surface area contributed by atoms with E-state index < -0.39 is 5.60 Å². The van der Waals surface area contributed by atoms with E-state index in [0.717, 1.165) is 58.2 Å². The van der Waals surface area contributed by atoms with Crippen LogP contribution in [0.15, 0.2) is 95.3 Å². The minimum absolute atomic E-state index is 0.0951. The molecule has 0 aliphatic rings. The molecule has 1 aromatic rings. The van der Waals surface area contributed by atoms with Gasteiger partial charge in [-0.05, 0) is 95.1 Å². The van der Waals surface area contributed by atoms with Gasteiger partial charge >= 0.3 is 0 Å². The van der Waals surface area contributed by atoms with Crippen molar-refractivity contribution < 1.29 is 14.6 Å². The van der Waals surface area contributed by atoms with Gasteiger partial charge in [0.25, 0.3) is 0 Å². The zero-order chi connectivity index (χ0) is 30.1. The van der Waals surface area contributed by atoms with Crippen molar-refractivity contribution in [1.29, 1.82) is 0 Å². The molecule has 0 atom stereocenters. The summed E-state index contributed by atoms with van der Waals surface area (Å²) < 4.78 is 5.66. The summed E-state index contributed by atoms with van der Waals surface area (Å²) in [5.41, 5.74) is 2.78. The summed E-state index contributed by atoms with van der Waals surface area (Å²) >= 11 is 1.51. The van der Waals surface area contributed by atoms with Gasteiger partial charge in [-0.3, -0.25) is 4.79 Å². The standard InChI is InChI=1S/C32H46N4O3S/c1-10-23(4)19-31(37)34-30-18-17-28(35-36-30)16-14-13-15-25(6)40-26(7)33-24(5)20-27(11-2)21-29(12-3)39-22-32(8,9)38/h10-12,17-18,21,33,38H,3,5-7,13-16,19-20,22H2,1-2,4,8-9H3,(H,34,36,37)/b23-10+,27-11-,29-21+. The van der Waals surface area contributed by atoms with Crippen LogP contribution < -0.4 is 10.6 Å². The van der Waals surface area contributed by atoms with E-state index in [2.05, 4.69) is 47.1 Å². The van der Waals surface area contributed by atoms with Gasteiger partial charge in [0.15, 0.2) is 5.82 Å². The van der Waals surface area contributed by atoms with Gasteiger partial charge in [-0.1, -0.05) is 55.8 Å². The number of hydrogen-bond acceptors (Lipinski definition) is 7. The minimum Gasteiger partial charge on any atom is -0.491 e. The van der Waals surface area contributed by atoms with Gasteiger partial charge in [-0.2, -0.15) is 5.10 Å². The molecular formula is C32H46N4O3S. The van der Waals surface area contributed by atoms with Crippen molar-refractivity contribution in [1.82, 2.24) is 15.5 Å². The first-order chi connectivity index (χ1) is 18.8. The second-order valence-electron chi connectivity index (χ2n) is 10.2. The number of carbonyl (C=O) groups is 1. The average Bonchev–Trinajstić information content (AvgIpc) is 2.88. The predicted octanol–water partition coefficient (Wildman–Crippen LogP) is 7.50. The number of rotatable bonds is 19. The zero-order valence-electron chi connectivity index (χ0n) is 24.8. The third kappa shape index (κ3) is 15.9. The van der Waals surface area contributed by atoms with Crippen molar-refractivity contribution in [2.24, 2.45) is 0 Å². The molecule has 0 radical (unpaired) electrons. The Labute approximate surface area is 245 Å². The second kappa shape index (κ2) is 18.1. The molecule has 0 aromatic carbocycles. The number of aromatic nitrogens is 2. The zero-order valence-corrected chi connectivity index (χ0v) is 25.6. The third-order valence-electron chi connectivity index (χ3n) is 5.55. The Morgan fingerprint density at radius 3 is 2.42 bits per heavy atom. The topological polar surface area (TPSA) is 96.4 Å². The van der Waals surface area contributed by atoms with Crippen LogP contribution >= 0.6 is 11.8 Å². The predicted molar refractivity (Wildman–Crippen MR) is 169 cm³/mol. The summed E-state index contributed by atoms with van der Waals surface area (Å²) in [6, 6.07) is 3.69. The van der Waals surface area contributed by atoms with Crippen LogP contribution in [0.25, 0.3) is 0 Å². The minimum atomic E-state index is -0.925. The summed E-state index contributed by atoms with van der Waals surface area (Å²) in [6.45, 7) is 25.5.